The van der Waals surface area contributed by atoms with Crippen molar-refractivity contribution in [3.05, 3.63) is 35.4 Å². The van der Waals surface area contributed by atoms with Gasteiger partial charge in [-0.05, 0) is 45.0 Å². The molecule has 0 saturated heterocycles. The Labute approximate surface area is 191 Å². The molecular formula is C22H26ClN3O6. The normalized spacial score (nSPS) is 11.7. The predicted molar refractivity (Wildman–Crippen MR) is 121 cm³/mol. The van der Waals surface area contributed by atoms with Crippen LogP contribution in [-0.4, -0.2) is 45.2 Å². The summed E-state index contributed by atoms with van der Waals surface area (Å²) in [4.78, 5) is 24.9. The van der Waals surface area contributed by atoms with Crippen LogP contribution < -0.4 is 24.3 Å². The van der Waals surface area contributed by atoms with E-state index in [1.165, 1.54) is 21.1 Å². The summed E-state index contributed by atoms with van der Waals surface area (Å²) < 4.78 is 21.4. The molecule has 9 nitrogen and oxygen atoms in total. The number of hydrogen-bond acceptors (Lipinski definition) is 8. The highest BCUT2D eigenvalue weighted by Crippen LogP contribution is 2.40. The second-order valence-corrected chi connectivity index (χ2v) is 6.75. The number of carbonyl (C=O) groups excluding carboxylic acids is 2. The molecular weight excluding hydrogens is 438 g/mol. The van der Waals surface area contributed by atoms with Crippen LogP contribution >= 0.6 is 11.6 Å². The molecule has 172 valence electrons. The molecule has 10 heteroatoms. The van der Waals surface area contributed by atoms with Crippen LogP contribution in [0.2, 0.25) is 5.02 Å². The van der Waals surface area contributed by atoms with E-state index in [4.69, 9.17) is 30.5 Å². The quantitative estimate of drug-likeness (QED) is 0.377. The number of Topliss-reactive ketones (excluding diaryl/α,β-unsaturated/α-hetero) is 1. The second-order valence-electron chi connectivity index (χ2n) is 6.38. The zero-order chi connectivity index (χ0) is 23.7. The average molecular weight is 464 g/mol. The highest BCUT2D eigenvalue weighted by Gasteiger charge is 2.25. The fourth-order valence-electron chi connectivity index (χ4n) is 2.74. The molecule has 0 aliphatic heterocycles. The molecule has 2 rings (SSSR count). The minimum absolute atomic E-state index is 0.185. The first-order chi connectivity index (χ1) is 15.4. The van der Waals surface area contributed by atoms with E-state index >= 15 is 0 Å². The number of amides is 1. The molecule has 0 radical (unpaired) electrons. The number of nitrogens with zero attached hydrogens (tertiary/aromatic N) is 2. The first-order valence-electron chi connectivity index (χ1n) is 9.88. The minimum atomic E-state index is -1.39. The SMILES string of the molecule is CCOc1ccc(N=NC(C(C)=O)C(=O)Nc2ccc(OC)c(Cl)c2OC)c(OCC)c1. The van der Waals surface area contributed by atoms with Gasteiger partial charge in [-0.3, -0.25) is 9.59 Å². The number of ketones is 1. The summed E-state index contributed by atoms with van der Waals surface area (Å²) in [5, 5.41) is 10.8. The van der Waals surface area contributed by atoms with Crippen molar-refractivity contribution in [1.82, 2.24) is 0 Å². The van der Waals surface area contributed by atoms with E-state index in [9.17, 15) is 9.59 Å². The smallest absolute Gasteiger partial charge is 0.258 e. The molecule has 1 atom stereocenters. The molecule has 1 amide bonds. The molecule has 0 aliphatic rings. The van der Waals surface area contributed by atoms with Crippen molar-refractivity contribution in [1.29, 1.82) is 0 Å². The van der Waals surface area contributed by atoms with Crippen molar-refractivity contribution in [3.8, 4) is 23.0 Å². The number of halogens is 1. The lowest BCUT2D eigenvalue weighted by Crippen LogP contribution is -2.32. The lowest BCUT2D eigenvalue weighted by atomic mass is 10.2. The van der Waals surface area contributed by atoms with Crippen LogP contribution in [0.1, 0.15) is 20.8 Å². The van der Waals surface area contributed by atoms with E-state index in [-0.39, 0.29) is 16.5 Å². The van der Waals surface area contributed by atoms with Crippen molar-refractivity contribution in [3.63, 3.8) is 0 Å². The average Bonchev–Trinajstić information content (AvgIpc) is 2.76. The minimum Gasteiger partial charge on any atom is -0.495 e. The summed E-state index contributed by atoms with van der Waals surface area (Å²) in [5.41, 5.74) is 0.625. The number of rotatable bonds is 11. The van der Waals surface area contributed by atoms with Crippen LogP contribution in [0.5, 0.6) is 23.0 Å². The predicted octanol–water partition coefficient (Wildman–Crippen LogP) is 4.83. The van der Waals surface area contributed by atoms with E-state index < -0.39 is 17.7 Å². The van der Waals surface area contributed by atoms with Crippen molar-refractivity contribution < 1.29 is 28.5 Å². The van der Waals surface area contributed by atoms with Gasteiger partial charge in [0.1, 0.15) is 28.0 Å². The number of ether oxygens (including phenoxy) is 4. The molecule has 0 saturated carbocycles. The van der Waals surface area contributed by atoms with Gasteiger partial charge in [0.15, 0.2) is 11.5 Å². The molecule has 0 heterocycles. The zero-order valence-corrected chi connectivity index (χ0v) is 19.4. The monoisotopic (exact) mass is 463 g/mol. The first-order valence-corrected chi connectivity index (χ1v) is 10.3. The maximum Gasteiger partial charge on any atom is 0.258 e. The van der Waals surface area contributed by atoms with Gasteiger partial charge in [0, 0.05) is 6.07 Å². The van der Waals surface area contributed by atoms with Crippen LogP contribution in [0.4, 0.5) is 11.4 Å². The van der Waals surface area contributed by atoms with Gasteiger partial charge in [0.2, 0.25) is 6.04 Å². The van der Waals surface area contributed by atoms with Crippen molar-refractivity contribution >= 4 is 34.7 Å². The number of nitrogens with one attached hydrogen (secondary N) is 1. The third-order valence-electron chi connectivity index (χ3n) is 4.20. The van der Waals surface area contributed by atoms with Gasteiger partial charge in [-0.1, -0.05) is 11.6 Å². The van der Waals surface area contributed by atoms with Gasteiger partial charge >= 0.3 is 0 Å². The molecule has 0 bridgehead atoms. The van der Waals surface area contributed by atoms with E-state index in [0.29, 0.717) is 36.1 Å². The number of azo groups is 1. The fourth-order valence-corrected chi connectivity index (χ4v) is 3.06. The number of anilines is 1. The highest BCUT2D eigenvalue weighted by molar-refractivity contribution is 6.34. The number of carbonyl (C=O) groups is 2. The lowest BCUT2D eigenvalue weighted by Gasteiger charge is -2.15. The van der Waals surface area contributed by atoms with Crippen LogP contribution in [0.15, 0.2) is 40.6 Å². The van der Waals surface area contributed by atoms with E-state index in [0.717, 1.165) is 0 Å². The first kappa shape index (κ1) is 24.9. The Morgan fingerprint density at radius 3 is 2.34 bits per heavy atom. The van der Waals surface area contributed by atoms with Crippen LogP contribution in [0.3, 0.4) is 0 Å². The third kappa shape index (κ3) is 6.10. The number of hydrogen-bond donors (Lipinski definition) is 1. The summed E-state index contributed by atoms with van der Waals surface area (Å²) in [6.07, 6.45) is 0. The molecule has 32 heavy (non-hydrogen) atoms. The summed E-state index contributed by atoms with van der Waals surface area (Å²) in [6.45, 7) is 5.84. The topological polar surface area (TPSA) is 108 Å². The van der Waals surface area contributed by atoms with Gasteiger partial charge in [-0.15, -0.1) is 0 Å². The van der Waals surface area contributed by atoms with Crippen molar-refractivity contribution in [2.45, 2.75) is 26.8 Å². The molecule has 2 aromatic carbocycles. The summed E-state index contributed by atoms with van der Waals surface area (Å²) >= 11 is 6.23. The molecule has 1 unspecified atom stereocenters. The molecule has 1 N–H and O–H groups in total. The van der Waals surface area contributed by atoms with Gasteiger partial charge in [0.05, 0.1) is 33.1 Å². The number of benzene rings is 2. The van der Waals surface area contributed by atoms with Crippen LogP contribution in [-0.2, 0) is 9.59 Å². The Balaban J connectivity index is 2.30. The third-order valence-corrected chi connectivity index (χ3v) is 4.56. The van der Waals surface area contributed by atoms with E-state index in [1.54, 1.807) is 30.3 Å². The lowest BCUT2D eigenvalue weighted by molar-refractivity contribution is -0.126. The standard InChI is InChI=1S/C22H26ClN3O6/c1-6-31-14-8-9-15(18(12-14)32-7-2)25-26-20(13(3)27)22(28)24-16-10-11-17(29-4)19(23)21(16)30-5/h8-12,20H,6-7H2,1-5H3,(H,24,28). The second kappa shape index (κ2) is 11.9. The van der Waals surface area contributed by atoms with Gasteiger partial charge in [-0.25, -0.2) is 0 Å². The van der Waals surface area contributed by atoms with Crippen LogP contribution in [0.25, 0.3) is 0 Å². The van der Waals surface area contributed by atoms with Crippen molar-refractivity contribution in [2.24, 2.45) is 10.2 Å². The Morgan fingerprint density at radius 2 is 1.75 bits per heavy atom. The maximum absolute atomic E-state index is 12.8. The van der Waals surface area contributed by atoms with Gasteiger partial charge < -0.3 is 24.3 Å². The Bertz CT molecular complexity index is 996. The maximum atomic E-state index is 12.8. The summed E-state index contributed by atoms with van der Waals surface area (Å²) in [7, 11) is 2.86. The van der Waals surface area contributed by atoms with E-state index in [2.05, 4.69) is 15.5 Å². The molecule has 0 spiro atoms. The molecule has 0 aromatic heterocycles. The molecule has 0 fully saturated rings. The Hall–Kier alpha value is -3.33. The summed E-state index contributed by atoms with van der Waals surface area (Å²) in [5.74, 6) is 0.429. The zero-order valence-electron chi connectivity index (χ0n) is 18.6. The number of methoxy groups -OCH3 is 2. The Morgan fingerprint density at radius 1 is 1.03 bits per heavy atom. The van der Waals surface area contributed by atoms with Crippen molar-refractivity contribution in [2.75, 3.05) is 32.8 Å². The summed E-state index contributed by atoms with van der Waals surface area (Å²) in [6, 6.07) is 6.75. The fraction of sp³-hybridized carbons (Fsp3) is 0.364. The highest BCUT2D eigenvalue weighted by atomic mass is 35.5. The molecule has 0 aliphatic carbocycles. The largest absolute Gasteiger partial charge is 0.495 e. The van der Waals surface area contributed by atoms with Crippen LogP contribution in [0, 0.1) is 0 Å². The Kier molecular flexibility index (Phi) is 9.27. The molecule has 2 aromatic rings. The van der Waals surface area contributed by atoms with Gasteiger partial charge in [-0.2, -0.15) is 10.2 Å². The van der Waals surface area contributed by atoms with Gasteiger partial charge in [0.25, 0.3) is 5.91 Å². The van der Waals surface area contributed by atoms with E-state index in [1.807, 2.05) is 13.8 Å².